The van der Waals surface area contributed by atoms with E-state index in [9.17, 15) is 4.79 Å². The largest absolute Gasteiger partial charge is 0.306 e. The minimum atomic E-state index is -0.104. The Kier molecular flexibility index (Phi) is 2.32. The maximum absolute atomic E-state index is 11.6. The third-order valence-electron chi connectivity index (χ3n) is 1.71. The fourth-order valence-corrected chi connectivity index (χ4v) is 1.83. The lowest BCUT2D eigenvalue weighted by Crippen LogP contribution is -2.10. The first kappa shape index (κ1) is 8.96. The Morgan fingerprint density at radius 1 is 1.50 bits per heavy atom. The van der Waals surface area contributed by atoms with E-state index in [-0.39, 0.29) is 5.91 Å². The molecule has 1 amide bonds. The average Bonchev–Trinajstić information content (AvgIpc) is 2.75. The first-order valence-corrected chi connectivity index (χ1v) is 4.94. The number of carbonyl (C=O) groups is 1. The summed E-state index contributed by atoms with van der Waals surface area (Å²) >= 11 is 1.47. The van der Waals surface area contributed by atoms with Crippen LogP contribution in [0.25, 0.3) is 0 Å². The average molecular weight is 207 g/mol. The highest BCUT2D eigenvalue weighted by Crippen LogP contribution is 2.16. The van der Waals surface area contributed by atoms with Crippen LogP contribution < -0.4 is 5.32 Å². The fraction of sp³-hybridized carbons (Fsp3) is 0.111. The summed E-state index contributed by atoms with van der Waals surface area (Å²) in [5.41, 5.74) is 0. The van der Waals surface area contributed by atoms with Crippen LogP contribution in [0.5, 0.6) is 0 Å². The van der Waals surface area contributed by atoms with Gasteiger partial charge in [-0.05, 0) is 19.1 Å². The molecule has 0 fully saturated rings. The number of hydrogen-bond donors (Lipinski definition) is 2. The van der Waals surface area contributed by atoms with Crippen molar-refractivity contribution in [3.8, 4) is 0 Å². The normalized spacial score (nSPS) is 10.1. The molecule has 2 aromatic rings. The summed E-state index contributed by atoms with van der Waals surface area (Å²) in [6, 6.07) is 5.44. The highest BCUT2D eigenvalue weighted by Gasteiger charge is 2.08. The molecule has 2 rings (SSSR count). The van der Waals surface area contributed by atoms with Crippen molar-refractivity contribution in [1.82, 2.24) is 10.2 Å². The zero-order valence-electron chi connectivity index (χ0n) is 7.57. The lowest BCUT2D eigenvalue weighted by Gasteiger charge is -1.97. The number of aromatic nitrogens is 2. The lowest BCUT2D eigenvalue weighted by atomic mass is 10.4. The number of amides is 1. The summed E-state index contributed by atoms with van der Waals surface area (Å²) in [5.74, 6) is 0.508. The molecule has 0 aliphatic carbocycles. The van der Waals surface area contributed by atoms with Crippen molar-refractivity contribution in [1.29, 1.82) is 0 Å². The lowest BCUT2D eigenvalue weighted by molar-refractivity contribution is 0.103. The van der Waals surface area contributed by atoms with Gasteiger partial charge in [0.1, 0.15) is 5.82 Å². The van der Waals surface area contributed by atoms with Gasteiger partial charge in [-0.15, -0.1) is 11.3 Å². The van der Waals surface area contributed by atoms with Crippen LogP contribution in [0, 0.1) is 6.92 Å². The van der Waals surface area contributed by atoms with Gasteiger partial charge in [-0.1, -0.05) is 0 Å². The Labute approximate surface area is 85.0 Å². The molecule has 0 aliphatic rings. The van der Waals surface area contributed by atoms with E-state index in [1.807, 2.05) is 19.1 Å². The van der Waals surface area contributed by atoms with Crippen LogP contribution in [0.3, 0.4) is 0 Å². The Balaban J connectivity index is 2.10. The van der Waals surface area contributed by atoms with Gasteiger partial charge in [0, 0.05) is 10.9 Å². The van der Waals surface area contributed by atoms with Crippen molar-refractivity contribution in [2.45, 2.75) is 6.92 Å². The van der Waals surface area contributed by atoms with E-state index in [1.165, 1.54) is 11.3 Å². The standard InChI is InChI=1S/C9H9N3OS/c1-6-2-3-7(14-6)9(13)11-8-4-5-10-12-8/h2-5H,1H3,(H2,10,11,12,13). The molecule has 0 radical (unpaired) electrons. The highest BCUT2D eigenvalue weighted by molar-refractivity contribution is 7.14. The molecule has 2 heterocycles. The van der Waals surface area contributed by atoms with E-state index >= 15 is 0 Å². The number of anilines is 1. The smallest absolute Gasteiger partial charge is 0.266 e. The Morgan fingerprint density at radius 3 is 2.93 bits per heavy atom. The van der Waals surface area contributed by atoms with Crippen LogP contribution in [0.2, 0.25) is 0 Å². The number of aryl methyl sites for hydroxylation is 1. The molecule has 0 aliphatic heterocycles. The maximum atomic E-state index is 11.6. The summed E-state index contributed by atoms with van der Waals surface area (Å²) in [7, 11) is 0. The van der Waals surface area contributed by atoms with E-state index in [0.717, 1.165) is 4.88 Å². The predicted octanol–water partition coefficient (Wildman–Crippen LogP) is 2.03. The Morgan fingerprint density at radius 2 is 2.36 bits per heavy atom. The van der Waals surface area contributed by atoms with Crippen molar-refractivity contribution in [2.24, 2.45) is 0 Å². The molecule has 0 atom stereocenters. The van der Waals surface area contributed by atoms with E-state index < -0.39 is 0 Å². The second-order valence-corrected chi connectivity index (χ2v) is 4.12. The van der Waals surface area contributed by atoms with Crippen molar-refractivity contribution < 1.29 is 4.79 Å². The first-order chi connectivity index (χ1) is 6.75. The third kappa shape index (κ3) is 1.82. The second kappa shape index (κ2) is 3.63. The number of thiophene rings is 1. The maximum Gasteiger partial charge on any atom is 0.266 e. The summed E-state index contributed by atoms with van der Waals surface area (Å²) in [5, 5.41) is 9.11. The van der Waals surface area contributed by atoms with Gasteiger partial charge < -0.3 is 5.32 Å². The van der Waals surface area contributed by atoms with Gasteiger partial charge in [0.25, 0.3) is 5.91 Å². The first-order valence-electron chi connectivity index (χ1n) is 4.13. The minimum Gasteiger partial charge on any atom is -0.306 e. The molecular formula is C9H9N3OS. The van der Waals surface area contributed by atoms with Crippen LogP contribution in [-0.2, 0) is 0 Å². The van der Waals surface area contributed by atoms with E-state index in [4.69, 9.17) is 0 Å². The summed E-state index contributed by atoms with van der Waals surface area (Å²) < 4.78 is 0. The molecular weight excluding hydrogens is 198 g/mol. The van der Waals surface area contributed by atoms with Gasteiger partial charge in [0.2, 0.25) is 0 Å². The van der Waals surface area contributed by atoms with Crippen LogP contribution in [0.1, 0.15) is 14.5 Å². The molecule has 2 aromatic heterocycles. The zero-order chi connectivity index (χ0) is 9.97. The molecule has 0 saturated heterocycles. The van der Waals surface area contributed by atoms with E-state index in [2.05, 4.69) is 15.5 Å². The SMILES string of the molecule is Cc1ccc(C(=O)Nc2ccn[nH]2)s1. The van der Waals surface area contributed by atoms with Crippen molar-refractivity contribution in [2.75, 3.05) is 5.32 Å². The van der Waals surface area contributed by atoms with Gasteiger partial charge in [-0.25, -0.2) is 0 Å². The zero-order valence-corrected chi connectivity index (χ0v) is 8.39. The molecule has 4 nitrogen and oxygen atoms in total. The molecule has 0 bridgehead atoms. The van der Waals surface area contributed by atoms with Crippen LogP contribution in [0.4, 0.5) is 5.82 Å². The summed E-state index contributed by atoms with van der Waals surface area (Å²) in [4.78, 5) is 13.4. The number of hydrogen-bond acceptors (Lipinski definition) is 3. The Hall–Kier alpha value is -1.62. The van der Waals surface area contributed by atoms with E-state index in [1.54, 1.807) is 12.3 Å². The topological polar surface area (TPSA) is 57.8 Å². The van der Waals surface area contributed by atoms with Crippen LogP contribution >= 0.6 is 11.3 Å². The fourth-order valence-electron chi connectivity index (χ4n) is 1.07. The van der Waals surface area contributed by atoms with Gasteiger partial charge in [-0.2, -0.15) is 5.10 Å². The molecule has 0 saturated carbocycles. The van der Waals surface area contributed by atoms with E-state index in [0.29, 0.717) is 10.7 Å². The number of nitrogens with one attached hydrogen (secondary N) is 2. The molecule has 0 spiro atoms. The Bertz CT molecular complexity index is 433. The molecule has 2 N–H and O–H groups in total. The van der Waals surface area contributed by atoms with Crippen molar-refractivity contribution >= 4 is 23.1 Å². The van der Waals surface area contributed by atoms with Crippen LogP contribution in [-0.4, -0.2) is 16.1 Å². The number of rotatable bonds is 2. The predicted molar refractivity (Wildman–Crippen MR) is 55.6 cm³/mol. The van der Waals surface area contributed by atoms with Gasteiger partial charge in [-0.3, -0.25) is 9.89 Å². The number of H-pyrrole nitrogens is 1. The number of nitrogens with zero attached hydrogens (tertiary/aromatic N) is 1. The minimum absolute atomic E-state index is 0.104. The highest BCUT2D eigenvalue weighted by atomic mass is 32.1. The second-order valence-electron chi connectivity index (χ2n) is 2.83. The molecule has 14 heavy (non-hydrogen) atoms. The third-order valence-corrected chi connectivity index (χ3v) is 2.71. The summed E-state index contributed by atoms with van der Waals surface area (Å²) in [6.07, 6.45) is 1.59. The quantitative estimate of drug-likeness (QED) is 0.791. The molecule has 72 valence electrons. The molecule has 0 unspecified atom stereocenters. The summed E-state index contributed by atoms with van der Waals surface area (Å²) in [6.45, 7) is 1.97. The van der Waals surface area contributed by atoms with Gasteiger partial charge in [0.05, 0.1) is 11.1 Å². The monoisotopic (exact) mass is 207 g/mol. The van der Waals surface area contributed by atoms with Crippen LogP contribution in [0.15, 0.2) is 24.4 Å². The van der Waals surface area contributed by atoms with Gasteiger partial charge >= 0.3 is 0 Å². The molecule has 5 heteroatoms. The number of carbonyl (C=O) groups excluding carboxylic acids is 1. The van der Waals surface area contributed by atoms with Gasteiger partial charge in [0.15, 0.2) is 0 Å². The number of aromatic amines is 1. The molecule has 0 aromatic carbocycles. The van der Waals surface area contributed by atoms with Crippen molar-refractivity contribution in [3.05, 3.63) is 34.2 Å². The van der Waals surface area contributed by atoms with Crippen molar-refractivity contribution in [3.63, 3.8) is 0 Å².